The molecule has 1 aliphatic carbocycles. The van der Waals surface area contributed by atoms with Gasteiger partial charge in [0.25, 0.3) is 0 Å². The van der Waals surface area contributed by atoms with E-state index in [9.17, 15) is 0 Å². The van der Waals surface area contributed by atoms with Gasteiger partial charge in [0.2, 0.25) is 0 Å². The lowest BCUT2D eigenvalue weighted by atomic mass is 9.81. The Morgan fingerprint density at radius 3 is 2.36 bits per heavy atom. The van der Waals surface area contributed by atoms with Gasteiger partial charge in [-0.25, -0.2) is 0 Å². The molecule has 1 radical (unpaired) electrons. The molecule has 0 spiro atoms. The summed E-state index contributed by atoms with van der Waals surface area (Å²) >= 11 is 0. The minimum atomic E-state index is 0.873. The molecule has 1 fully saturated rings. The van der Waals surface area contributed by atoms with Gasteiger partial charge in [-0.05, 0) is 30.7 Å². The fourth-order valence-electron chi connectivity index (χ4n) is 1.44. The second kappa shape index (κ2) is 3.08. The molecule has 0 heterocycles. The third kappa shape index (κ3) is 1.62. The Morgan fingerprint density at radius 1 is 1.09 bits per heavy atom. The largest absolute Gasteiger partial charge is 0.0622 e. The second-order valence-electron chi connectivity index (χ2n) is 3.27. The molecular formula is C11H13. The Balaban J connectivity index is 1.95. The first kappa shape index (κ1) is 6.90. The molecule has 0 bridgehead atoms. The third-order valence-corrected chi connectivity index (χ3v) is 2.38. The number of hydrogen-bond donors (Lipinski definition) is 0. The Hall–Kier alpha value is -0.780. The quantitative estimate of drug-likeness (QED) is 0.600. The highest BCUT2D eigenvalue weighted by Gasteiger charge is 2.17. The van der Waals surface area contributed by atoms with Crippen molar-refractivity contribution >= 4 is 0 Å². The van der Waals surface area contributed by atoms with Crippen LogP contribution >= 0.6 is 0 Å². The zero-order chi connectivity index (χ0) is 7.52. The van der Waals surface area contributed by atoms with Crippen molar-refractivity contribution in [1.82, 2.24) is 0 Å². The van der Waals surface area contributed by atoms with E-state index in [1.54, 1.807) is 0 Å². The van der Waals surface area contributed by atoms with Crippen LogP contribution in [-0.4, -0.2) is 0 Å². The molecule has 0 saturated heterocycles. The molecule has 1 aromatic carbocycles. The lowest BCUT2D eigenvalue weighted by molar-refractivity contribution is 0.368. The summed E-state index contributed by atoms with van der Waals surface area (Å²) in [6.45, 7) is 0. The fraction of sp³-hybridized carbons (Fsp3) is 0.364. The van der Waals surface area contributed by atoms with Gasteiger partial charge in [0.15, 0.2) is 0 Å². The standard InChI is InChI=1S/C11H13/c1-2-5-10(6-3-1)9-11-7-4-8-11/h1-3,5-6,9,11H,4,7-8H2. The molecule has 0 nitrogen and oxygen atoms in total. The summed E-state index contributed by atoms with van der Waals surface area (Å²) < 4.78 is 0. The van der Waals surface area contributed by atoms with Crippen LogP contribution in [0.15, 0.2) is 30.3 Å². The van der Waals surface area contributed by atoms with Gasteiger partial charge in [-0.15, -0.1) is 0 Å². The highest BCUT2D eigenvalue weighted by molar-refractivity contribution is 5.23. The van der Waals surface area contributed by atoms with Crippen molar-refractivity contribution in [3.63, 3.8) is 0 Å². The van der Waals surface area contributed by atoms with Gasteiger partial charge in [0.1, 0.15) is 0 Å². The van der Waals surface area contributed by atoms with Crippen LogP contribution in [0.25, 0.3) is 0 Å². The zero-order valence-corrected chi connectivity index (χ0v) is 6.66. The summed E-state index contributed by atoms with van der Waals surface area (Å²) in [7, 11) is 0. The van der Waals surface area contributed by atoms with Crippen molar-refractivity contribution in [3.05, 3.63) is 42.3 Å². The normalized spacial score (nSPS) is 17.8. The molecule has 1 aromatic rings. The Morgan fingerprint density at radius 2 is 1.82 bits per heavy atom. The molecule has 0 amide bonds. The molecular weight excluding hydrogens is 132 g/mol. The molecule has 0 aromatic heterocycles. The maximum atomic E-state index is 2.39. The van der Waals surface area contributed by atoms with Crippen molar-refractivity contribution in [3.8, 4) is 0 Å². The van der Waals surface area contributed by atoms with E-state index in [4.69, 9.17) is 0 Å². The monoisotopic (exact) mass is 145 g/mol. The van der Waals surface area contributed by atoms with Crippen LogP contribution in [0.4, 0.5) is 0 Å². The van der Waals surface area contributed by atoms with E-state index in [2.05, 4.69) is 36.8 Å². The molecule has 0 N–H and O–H groups in total. The van der Waals surface area contributed by atoms with Crippen LogP contribution in [0.5, 0.6) is 0 Å². The van der Waals surface area contributed by atoms with Crippen molar-refractivity contribution in [2.75, 3.05) is 0 Å². The van der Waals surface area contributed by atoms with Crippen LogP contribution in [0.3, 0.4) is 0 Å². The van der Waals surface area contributed by atoms with E-state index in [1.807, 2.05) is 0 Å². The summed E-state index contributed by atoms with van der Waals surface area (Å²) in [4.78, 5) is 0. The smallest absolute Gasteiger partial charge is 0.00621 e. The Labute approximate surface area is 68.3 Å². The van der Waals surface area contributed by atoms with Crippen LogP contribution in [0, 0.1) is 12.3 Å². The fourth-order valence-corrected chi connectivity index (χ4v) is 1.44. The molecule has 2 rings (SSSR count). The number of rotatable bonds is 2. The highest BCUT2D eigenvalue weighted by atomic mass is 14.2. The number of hydrogen-bond acceptors (Lipinski definition) is 0. The average molecular weight is 145 g/mol. The summed E-state index contributed by atoms with van der Waals surface area (Å²) in [5.74, 6) is 0.873. The van der Waals surface area contributed by atoms with Crippen LogP contribution in [-0.2, 0) is 0 Å². The Kier molecular flexibility index (Phi) is 1.93. The first-order valence-electron chi connectivity index (χ1n) is 4.35. The first-order chi connectivity index (χ1) is 5.45. The van der Waals surface area contributed by atoms with Gasteiger partial charge in [0, 0.05) is 0 Å². The van der Waals surface area contributed by atoms with Crippen LogP contribution < -0.4 is 0 Å². The molecule has 0 unspecified atom stereocenters. The van der Waals surface area contributed by atoms with E-state index in [-0.39, 0.29) is 0 Å². The van der Waals surface area contributed by atoms with E-state index >= 15 is 0 Å². The molecule has 11 heavy (non-hydrogen) atoms. The van der Waals surface area contributed by atoms with Gasteiger partial charge >= 0.3 is 0 Å². The summed E-state index contributed by atoms with van der Waals surface area (Å²) in [6, 6.07) is 10.6. The van der Waals surface area contributed by atoms with Gasteiger partial charge in [0.05, 0.1) is 0 Å². The first-order valence-corrected chi connectivity index (χ1v) is 4.35. The maximum Gasteiger partial charge on any atom is -0.00621 e. The molecule has 0 atom stereocenters. The average Bonchev–Trinajstić information content (AvgIpc) is 1.99. The minimum Gasteiger partial charge on any atom is -0.0622 e. The van der Waals surface area contributed by atoms with Gasteiger partial charge in [-0.3, -0.25) is 0 Å². The molecule has 57 valence electrons. The maximum absolute atomic E-state index is 2.39. The van der Waals surface area contributed by atoms with Crippen molar-refractivity contribution in [1.29, 1.82) is 0 Å². The summed E-state index contributed by atoms with van der Waals surface area (Å²) in [6.07, 6.45) is 6.61. The van der Waals surface area contributed by atoms with E-state index < -0.39 is 0 Å². The van der Waals surface area contributed by atoms with Crippen molar-refractivity contribution < 1.29 is 0 Å². The Bertz CT molecular complexity index is 209. The summed E-state index contributed by atoms with van der Waals surface area (Å²) in [5.41, 5.74) is 1.39. The molecule has 0 aliphatic heterocycles. The van der Waals surface area contributed by atoms with Crippen molar-refractivity contribution in [2.45, 2.75) is 19.3 Å². The van der Waals surface area contributed by atoms with E-state index in [1.165, 1.54) is 24.8 Å². The third-order valence-electron chi connectivity index (χ3n) is 2.38. The lowest BCUT2D eigenvalue weighted by Crippen LogP contribution is -2.11. The van der Waals surface area contributed by atoms with Gasteiger partial charge < -0.3 is 0 Å². The second-order valence-corrected chi connectivity index (χ2v) is 3.27. The predicted octanol–water partition coefficient (Wildman–Crippen LogP) is 3.04. The highest BCUT2D eigenvalue weighted by Crippen LogP contribution is 2.30. The molecule has 1 saturated carbocycles. The van der Waals surface area contributed by atoms with Gasteiger partial charge in [-0.2, -0.15) is 0 Å². The zero-order valence-electron chi connectivity index (χ0n) is 6.66. The number of benzene rings is 1. The topological polar surface area (TPSA) is 0 Å². The SMILES string of the molecule is [CH](c1ccccc1)C1CCC1. The van der Waals surface area contributed by atoms with Crippen molar-refractivity contribution in [2.24, 2.45) is 5.92 Å². The molecule has 0 heteroatoms. The predicted molar refractivity (Wildman–Crippen MR) is 47.2 cm³/mol. The van der Waals surface area contributed by atoms with Crippen LogP contribution in [0.2, 0.25) is 0 Å². The van der Waals surface area contributed by atoms with Gasteiger partial charge in [-0.1, -0.05) is 36.8 Å². The van der Waals surface area contributed by atoms with E-state index in [0.29, 0.717) is 0 Å². The van der Waals surface area contributed by atoms with E-state index in [0.717, 1.165) is 5.92 Å². The summed E-state index contributed by atoms with van der Waals surface area (Å²) in [5, 5.41) is 0. The minimum absolute atomic E-state index is 0.873. The lowest BCUT2D eigenvalue weighted by Gasteiger charge is -2.24. The molecule has 1 aliphatic rings. The van der Waals surface area contributed by atoms with Crippen LogP contribution in [0.1, 0.15) is 24.8 Å².